The standard InChI is InChI=1S/C17H22N4O2/c22-17(20-16-8-2-3-9-18-16)19-13-14(15-7-6-12-23-15)21-10-4-1-5-11-21/h2-3,6-9,12,14H,1,4-5,10-11,13H2,(H2,18,19,20,22). The fraction of sp³-hybridized carbons (Fsp3) is 0.412. The second-order valence-electron chi connectivity index (χ2n) is 5.68. The number of carbonyl (C=O) groups excluding carboxylic acids is 1. The molecule has 6 heteroatoms. The molecular formula is C17H22N4O2. The Bertz CT molecular complexity index is 594. The number of nitrogens with zero attached hydrogens (tertiary/aromatic N) is 2. The molecule has 1 aliphatic heterocycles. The van der Waals surface area contributed by atoms with Crippen LogP contribution in [-0.4, -0.2) is 35.5 Å². The maximum Gasteiger partial charge on any atom is 0.320 e. The Morgan fingerprint density at radius 2 is 2.09 bits per heavy atom. The molecule has 23 heavy (non-hydrogen) atoms. The number of anilines is 1. The summed E-state index contributed by atoms with van der Waals surface area (Å²) in [6, 6.07) is 9.08. The van der Waals surface area contributed by atoms with Crippen LogP contribution in [0.1, 0.15) is 31.1 Å². The number of aromatic nitrogens is 1. The van der Waals surface area contributed by atoms with Crippen molar-refractivity contribution in [1.82, 2.24) is 15.2 Å². The zero-order chi connectivity index (χ0) is 15.9. The van der Waals surface area contributed by atoms with Gasteiger partial charge in [0.05, 0.1) is 12.3 Å². The van der Waals surface area contributed by atoms with E-state index < -0.39 is 0 Å². The zero-order valence-corrected chi connectivity index (χ0v) is 13.1. The van der Waals surface area contributed by atoms with Gasteiger partial charge in [0.15, 0.2) is 0 Å². The van der Waals surface area contributed by atoms with Crippen molar-refractivity contribution in [3.8, 4) is 0 Å². The Hall–Kier alpha value is -2.34. The highest BCUT2D eigenvalue weighted by atomic mass is 16.3. The molecule has 1 fully saturated rings. The van der Waals surface area contributed by atoms with Crippen molar-refractivity contribution in [2.45, 2.75) is 25.3 Å². The van der Waals surface area contributed by atoms with Crippen LogP contribution in [0.25, 0.3) is 0 Å². The molecule has 0 radical (unpaired) electrons. The lowest BCUT2D eigenvalue weighted by Gasteiger charge is -2.33. The Morgan fingerprint density at radius 3 is 2.78 bits per heavy atom. The van der Waals surface area contributed by atoms with E-state index in [1.165, 1.54) is 19.3 Å². The summed E-state index contributed by atoms with van der Waals surface area (Å²) >= 11 is 0. The van der Waals surface area contributed by atoms with E-state index in [4.69, 9.17) is 4.42 Å². The molecule has 6 nitrogen and oxygen atoms in total. The maximum absolute atomic E-state index is 12.1. The Kier molecular flexibility index (Phi) is 5.26. The lowest BCUT2D eigenvalue weighted by Crippen LogP contribution is -2.41. The molecule has 2 amide bonds. The van der Waals surface area contributed by atoms with E-state index in [0.717, 1.165) is 18.8 Å². The van der Waals surface area contributed by atoms with Crippen LogP contribution >= 0.6 is 0 Å². The summed E-state index contributed by atoms with van der Waals surface area (Å²) in [5.74, 6) is 1.43. The highest BCUT2D eigenvalue weighted by molar-refractivity contribution is 5.88. The largest absolute Gasteiger partial charge is 0.468 e. The molecule has 2 aromatic heterocycles. The van der Waals surface area contributed by atoms with Crippen LogP contribution < -0.4 is 10.6 Å². The Balaban J connectivity index is 1.59. The van der Waals surface area contributed by atoms with Gasteiger partial charge in [0.1, 0.15) is 11.6 Å². The van der Waals surface area contributed by atoms with Gasteiger partial charge in [-0.1, -0.05) is 12.5 Å². The first-order valence-electron chi connectivity index (χ1n) is 8.06. The number of rotatable bonds is 5. The Morgan fingerprint density at radius 1 is 1.22 bits per heavy atom. The summed E-state index contributed by atoms with van der Waals surface area (Å²) in [5.41, 5.74) is 0. The van der Waals surface area contributed by atoms with Gasteiger partial charge in [-0.05, 0) is 50.2 Å². The Labute approximate surface area is 135 Å². The highest BCUT2D eigenvalue weighted by Gasteiger charge is 2.24. The number of piperidine rings is 1. The third-order valence-corrected chi connectivity index (χ3v) is 4.07. The average molecular weight is 314 g/mol. The lowest BCUT2D eigenvalue weighted by atomic mass is 10.1. The van der Waals surface area contributed by atoms with Crippen molar-refractivity contribution < 1.29 is 9.21 Å². The highest BCUT2D eigenvalue weighted by Crippen LogP contribution is 2.24. The van der Waals surface area contributed by atoms with Gasteiger partial charge in [0.2, 0.25) is 0 Å². The van der Waals surface area contributed by atoms with E-state index in [0.29, 0.717) is 12.4 Å². The molecule has 0 spiro atoms. The molecular weight excluding hydrogens is 292 g/mol. The molecule has 122 valence electrons. The molecule has 1 atom stereocenters. The van der Waals surface area contributed by atoms with Gasteiger partial charge in [-0.3, -0.25) is 10.2 Å². The predicted octanol–water partition coefficient (Wildman–Crippen LogP) is 3.02. The van der Waals surface area contributed by atoms with Crippen molar-refractivity contribution in [1.29, 1.82) is 0 Å². The normalized spacial score (nSPS) is 16.7. The lowest BCUT2D eigenvalue weighted by molar-refractivity contribution is 0.144. The summed E-state index contributed by atoms with van der Waals surface area (Å²) in [6.45, 7) is 2.58. The fourth-order valence-electron chi connectivity index (χ4n) is 2.91. The number of pyridine rings is 1. The molecule has 2 N–H and O–H groups in total. The van der Waals surface area contributed by atoms with Gasteiger partial charge in [-0.15, -0.1) is 0 Å². The minimum absolute atomic E-state index is 0.0692. The van der Waals surface area contributed by atoms with E-state index in [1.807, 2.05) is 24.3 Å². The van der Waals surface area contributed by atoms with Gasteiger partial charge in [-0.25, -0.2) is 9.78 Å². The molecule has 0 bridgehead atoms. The van der Waals surface area contributed by atoms with Gasteiger partial charge in [0.25, 0.3) is 0 Å². The van der Waals surface area contributed by atoms with Crippen LogP contribution in [0.3, 0.4) is 0 Å². The second-order valence-corrected chi connectivity index (χ2v) is 5.68. The molecule has 1 saturated heterocycles. The molecule has 0 saturated carbocycles. The van der Waals surface area contributed by atoms with Gasteiger partial charge in [-0.2, -0.15) is 0 Å². The third kappa shape index (κ3) is 4.32. The smallest absolute Gasteiger partial charge is 0.320 e. The second kappa shape index (κ2) is 7.78. The van der Waals surface area contributed by atoms with E-state index in [9.17, 15) is 4.79 Å². The van der Waals surface area contributed by atoms with Gasteiger partial charge in [0, 0.05) is 12.7 Å². The minimum atomic E-state index is -0.253. The number of urea groups is 1. The van der Waals surface area contributed by atoms with Crippen molar-refractivity contribution in [2.24, 2.45) is 0 Å². The molecule has 3 rings (SSSR count). The topological polar surface area (TPSA) is 70.4 Å². The number of hydrogen-bond donors (Lipinski definition) is 2. The number of nitrogens with one attached hydrogen (secondary N) is 2. The van der Waals surface area contributed by atoms with E-state index in [2.05, 4.69) is 20.5 Å². The van der Waals surface area contributed by atoms with Gasteiger partial charge < -0.3 is 9.73 Å². The molecule has 0 aliphatic carbocycles. The third-order valence-electron chi connectivity index (χ3n) is 4.07. The monoisotopic (exact) mass is 314 g/mol. The first-order valence-corrected chi connectivity index (χ1v) is 8.06. The fourth-order valence-corrected chi connectivity index (χ4v) is 2.91. The summed E-state index contributed by atoms with van der Waals surface area (Å²) in [4.78, 5) is 18.5. The van der Waals surface area contributed by atoms with Crippen LogP contribution in [0.2, 0.25) is 0 Å². The summed E-state index contributed by atoms with van der Waals surface area (Å²) < 4.78 is 5.57. The summed E-state index contributed by atoms with van der Waals surface area (Å²) in [5, 5.41) is 5.66. The number of likely N-dealkylation sites (tertiary alicyclic amines) is 1. The predicted molar refractivity (Wildman–Crippen MR) is 88.1 cm³/mol. The first kappa shape index (κ1) is 15.6. The molecule has 1 unspecified atom stereocenters. The quantitative estimate of drug-likeness (QED) is 0.890. The summed E-state index contributed by atoms with van der Waals surface area (Å²) in [6.07, 6.45) is 6.99. The number of amides is 2. The average Bonchev–Trinajstić information content (AvgIpc) is 3.11. The first-order chi connectivity index (χ1) is 11.3. The van der Waals surface area contributed by atoms with E-state index in [-0.39, 0.29) is 12.1 Å². The molecule has 2 aromatic rings. The van der Waals surface area contributed by atoms with Crippen LogP contribution in [0, 0.1) is 0 Å². The van der Waals surface area contributed by atoms with Gasteiger partial charge >= 0.3 is 6.03 Å². The van der Waals surface area contributed by atoms with E-state index >= 15 is 0 Å². The summed E-state index contributed by atoms with van der Waals surface area (Å²) in [7, 11) is 0. The minimum Gasteiger partial charge on any atom is -0.468 e. The van der Waals surface area contributed by atoms with Crippen LogP contribution in [0.15, 0.2) is 47.2 Å². The number of furan rings is 1. The van der Waals surface area contributed by atoms with Crippen LogP contribution in [-0.2, 0) is 0 Å². The SMILES string of the molecule is O=C(NCC(c1ccco1)N1CCCCC1)Nc1ccccn1. The van der Waals surface area contributed by atoms with Crippen molar-refractivity contribution in [3.05, 3.63) is 48.6 Å². The molecule has 0 aromatic carbocycles. The van der Waals surface area contributed by atoms with Crippen LogP contribution in [0.5, 0.6) is 0 Å². The van der Waals surface area contributed by atoms with Crippen molar-refractivity contribution in [3.63, 3.8) is 0 Å². The van der Waals surface area contributed by atoms with Crippen LogP contribution in [0.4, 0.5) is 10.6 Å². The molecule has 3 heterocycles. The molecule has 1 aliphatic rings. The van der Waals surface area contributed by atoms with E-state index in [1.54, 1.807) is 18.5 Å². The number of hydrogen-bond acceptors (Lipinski definition) is 4. The van der Waals surface area contributed by atoms with Crippen molar-refractivity contribution >= 4 is 11.8 Å². The maximum atomic E-state index is 12.1. The number of carbonyl (C=O) groups is 1. The van der Waals surface area contributed by atoms with Crippen molar-refractivity contribution in [2.75, 3.05) is 25.0 Å². The zero-order valence-electron chi connectivity index (χ0n) is 13.1.